The molecule has 0 radical (unpaired) electrons. The summed E-state index contributed by atoms with van der Waals surface area (Å²) in [5, 5.41) is 7.14. The summed E-state index contributed by atoms with van der Waals surface area (Å²) in [4.78, 5) is 41.7. The van der Waals surface area contributed by atoms with Gasteiger partial charge in [-0.25, -0.2) is 4.79 Å². The Hall–Kier alpha value is -3.74. The zero-order chi connectivity index (χ0) is 18.1. The SMILES string of the molecule is O=C(ON1C(=O)c2ccccc2C1=O)c1cc(Cc2ccccc2)[nH]n1. The Morgan fingerprint density at radius 3 is 2.23 bits per heavy atom. The fourth-order valence-electron chi connectivity index (χ4n) is 2.75. The van der Waals surface area contributed by atoms with Gasteiger partial charge in [0.15, 0.2) is 5.69 Å². The molecule has 1 N–H and O–H groups in total. The molecule has 0 aliphatic carbocycles. The molecule has 0 saturated heterocycles. The van der Waals surface area contributed by atoms with Crippen molar-refractivity contribution in [3.8, 4) is 0 Å². The second-order valence-corrected chi connectivity index (χ2v) is 5.77. The lowest BCUT2D eigenvalue weighted by atomic mass is 10.1. The molecule has 4 rings (SSSR count). The summed E-state index contributed by atoms with van der Waals surface area (Å²) in [6.45, 7) is 0. The van der Waals surface area contributed by atoms with Gasteiger partial charge in [-0.3, -0.25) is 14.7 Å². The maximum Gasteiger partial charge on any atom is 0.384 e. The largest absolute Gasteiger partial charge is 0.384 e. The monoisotopic (exact) mass is 347 g/mol. The van der Waals surface area contributed by atoms with Crippen LogP contribution in [0.2, 0.25) is 0 Å². The van der Waals surface area contributed by atoms with Crippen LogP contribution in [0.3, 0.4) is 0 Å². The van der Waals surface area contributed by atoms with Gasteiger partial charge in [-0.2, -0.15) is 5.10 Å². The van der Waals surface area contributed by atoms with Crippen molar-refractivity contribution in [2.45, 2.75) is 6.42 Å². The van der Waals surface area contributed by atoms with E-state index in [4.69, 9.17) is 4.84 Å². The molecule has 1 aromatic heterocycles. The van der Waals surface area contributed by atoms with Gasteiger partial charge in [0, 0.05) is 12.1 Å². The van der Waals surface area contributed by atoms with Crippen LogP contribution in [0.1, 0.15) is 42.5 Å². The Kier molecular flexibility index (Phi) is 3.81. The van der Waals surface area contributed by atoms with E-state index in [-0.39, 0.29) is 16.8 Å². The lowest BCUT2D eigenvalue weighted by Gasteiger charge is -2.11. The minimum absolute atomic E-state index is 0.00696. The first-order valence-corrected chi connectivity index (χ1v) is 7.92. The number of hydrogen-bond acceptors (Lipinski definition) is 5. The molecule has 2 heterocycles. The van der Waals surface area contributed by atoms with Gasteiger partial charge >= 0.3 is 5.97 Å². The van der Waals surface area contributed by atoms with E-state index in [0.29, 0.717) is 17.2 Å². The number of H-pyrrole nitrogens is 1. The van der Waals surface area contributed by atoms with Crippen molar-refractivity contribution in [2.75, 3.05) is 0 Å². The maximum absolute atomic E-state index is 12.3. The van der Waals surface area contributed by atoms with Crippen molar-refractivity contribution in [2.24, 2.45) is 0 Å². The lowest BCUT2D eigenvalue weighted by molar-refractivity contribution is -0.0588. The zero-order valence-corrected chi connectivity index (χ0v) is 13.5. The molecule has 7 heteroatoms. The molecule has 26 heavy (non-hydrogen) atoms. The van der Waals surface area contributed by atoms with E-state index >= 15 is 0 Å². The van der Waals surface area contributed by atoms with Crippen molar-refractivity contribution in [1.82, 2.24) is 15.3 Å². The van der Waals surface area contributed by atoms with Gasteiger partial charge in [0.05, 0.1) is 11.1 Å². The van der Waals surface area contributed by atoms with Gasteiger partial charge in [-0.15, -0.1) is 0 Å². The van der Waals surface area contributed by atoms with E-state index in [0.717, 1.165) is 5.56 Å². The predicted molar refractivity (Wildman–Crippen MR) is 90.2 cm³/mol. The highest BCUT2D eigenvalue weighted by Gasteiger charge is 2.39. The van der Waals surface area contributed by atoms with Crippen molar-refractivity contribution in [1.29, 1.82) is 0 Å². The molecule has 1 aliphatic rings. The quantitative estimate of drug-likeness (QED) is 0.732. The van der Waals surface area contributed by atoms with E-state index in [1.807, 2.05) is 30.3 Å². The molecule has 0 unspecified atom stereocenters. The average Bonchev–Trinajstić information content (AvgIpc) is 3.22. The average molecular weight is 347 g/mol. The number of aromatic nitrogens is 2. The number of aromatic amines is 1. The van der Waals surface area contributed by atoms with E-state index < -0.39 is 17.8 Å². The van der Waals surface area contributed by atoms with Crippen LogP contribution in [-0.2, 0) is 11.3 Å². The normalized spacial score (nSPS) is 13.0. The van der Waals surface area contributed by atoms with Gasteiger partial charge in [0.2, 0.25) is 0 Å². The molecule has 7 nitrogen and oxygen atoms in total. The number of benzene rings is 2. The fraction of sp³-hybridized carbons (Fsp3) is 0.0526. The maximum atomic E-state index is 12.3. The summed E-state index contributed by atoms with van der Waals surface area (Å²) in [5.74, 6) is -2.21. The van der Waals surface area contributed by atoms with Gasteiger partial charge in [0.25, 0.3) is 11.8 Å². The molecular weight excluding hydrogens is 334 g/mol. The van der Waals surface area contributed by atoms with Crippen LogP contribution in [-0.4, -0.2) is 33.0 Å². The van der Waals surface area contributed by atoms with Crippen LogP contribution in [0, 0.1) is 0 Å². The molecule has 0 bridgehead atoms. The first-order chi connectivity index (χ1) is 12.6. The van der Waals surface area contributed by atoms with Crippen molar-refractivity contribution in [3.63, 3.8) is 0 Å². The molecule has 1 aliphatic heterocycles. The number of carbonyl (C=O) groups is 3. The number of hydrogen-bond donors (Lipinski definition) is 1. The van der Waals surface area contributed by atoms with Gasteiger partial charge in [-0.05, 0) is 23.8 Å². The smallest absolute Gasteiger partial charge is 0.322 e. The number of nitrogens with one attached hydrogen (secondary N) is 1. The summed E-state index contributed by atoms with van der Waals surface area (Å²) >= 11 is 0. The Balaban J connectivity index is 1.48. The van der Waals surface area contributed by atoms with E-state index in [2.05, 4.69) is 10.2 Å². The Morgan fingerprint density at radius 2 is 1.58 bits per heavy atom. The number of carbonyl (C=O) groups excluding carboxylic acids is 3. The molecule has 128 valence electrons. The molecule has 3 aromatic rings. The van der Waals surface area contributed by atoms with Crippen LogP contribution in [0.15, 0.2) is 60.7 Å². The van der Waals surface area contributed by atoms with E-state index in [1.54, 1.807) is 12.1 Å². The van der Waals surface area contributed by atoms with Crippen LogP contribution >= 0.6 is 0 Å². The number of amides is 2. The van der Waals surface area contributed by atoms with Gasteiger partial charge < -0.3 is 4.84 Å². The third-order valence-electron chi connectivity index (χ3n) is 4.01. The van der Waals surface area contributed by atoms with Gasteiger partial charge in [-0.1, -0.05) is 47.5 Å². The number of hydroxylamine groups is 2. The number of fused-ring (bicyclic) bond motifs is 1. The third-order valence-corrected chi connectivity index (χ3v) is 4.01. The highest BCUT2D eigenvalue weighted by atomic mass is 16.7. The number of imide groups is 1. The van der Waals surface area contributed by atoms with Gasteiger partial charge in [0.1, 0.15) is 0 Å². The third kappa shape index (κ3) is 2.75. The molecule has 0 atom stereocenters. The Bertz CT molecular complexity index is 975. The molecule has 2 amide bonds. The molecule has 0 fully saturated rings. The first-order valence-electron chi connectivity index (χ1n) is 7.92. The minimum atomic E-state index is -0.880. The van der Waals surface area contributed by atoms with Crippen LogP contribution in [0.4, 0.5) is 0 Å². The predicted octanol–water partition coefficient (Wildman–Crippen LogP) is 2.37. The summed E-state index contributed by atoms with van der Waals surface area (Å²) in [7, 11) is 0. The topological polar surface area (TPSA) is 92.4 Å². The summed E-state index contributed by atoms with van der Waals surface area (Å²) in [6, 6.07) is 17.5. The summed E-state index contributed by atoms with van der Waals surface area (Å²) in [6.07, 6.45) is 0.564. The van der Waals surface area contributed by atoms with Crippen molar-refractivity contribution < 1.29 is 19.2 Å². The Labute approximate surface area is 148 Å². The minimum Gasteiger partial charge on any atom is -0.322 e. The molecule has 0 spiro atoms. The van der Waals surface area contributed by atoms with Crippen molar-refractivity contribution >= 4 is 17.8 Å². The number of nitrogens with zero attached hydrogens (tertiary/aromatic N) is 2. The lowest BCUT2D eigenvalue weighted by Crippen LogP contribution is -2.32. The molecule has 2 aromatic carbocycles. The highest BCUT2D eigenvalue weighted by Crippen LogP contribution is 2.23. The molecular formula is C19H13N3O4. The fourth-order valence-corrected chi connectivity index (χ4v) is 2.75. The molecule has 0 saturated carbocycles. The first kappa shape index (κ1) is 15.8. The Morgan fingerprint density at radius 1 is 0.962 bits per heavy atom. The summed E-state index contributed by atoms with van der Waals surface area (Å²) < 4.78 is 0. The highest BCUT2D eigenvalue weighted by molar-refractivity contribution is 6.21. The number of rotatable bonds is 4. The van der Waals surface area contributed by atoms with Crippen molar-refractivity contribution in [3.05, 3.63) is 88.7 Å². The second kappa shape index (κ2) is 6.29. The van der Waals surface area contributed by atoms with Crippen LogP contribution < -0.4 is 0 Å². The van der Waals surface area contributed by atoms with Crippen LogP contribution in [0.5, 0.6) is 0 Å². The van der Waals surface area contributed by atoms with E-state index in [9.17, 15) is 14.4 Å². The van der Waals surface area contributed by atoms with E-state index in [1.165, 1.54) is 18.2 Å². The standard InChI is InChI=1S/C19H13N3O4/c23-17-14-8-4-5-9-15(14)18(24)22(17)26-19(25)16-11-13(20-21-16)10-12-6-2-1-3-7-12/h1-9,11H,10H2,(H,20,21). The second-order valence-electron chi connectivity index (χ2n) is 5.77. The van der Waals surface area contributed by atoms with Crippen LogP contribution in [0.25, 0.3) is 0 Å². The summed E-state index contributed by atoms with van der Waals surface area (Å²) in [5.41, 5.74) is 2.17. The zero-order valence-electron chi connectivity index (χ0n) is 13.5.